The monoisotopic (exact) mass is 334 g/mol. The number of nitrogen functional groups attached to an aromatic ring is 1. The molecular formula is C8H7BrN4O2S2. The van der Waals surface area contributed by atoms with Crippen LogP contribution in [0, 0.1) is 0 Å². The van der Waals surface area contributed by atoms with Crippen molar-refractivity contribution in [3.8, 4) is 0 Å². The standard InChI is InChI=1S/C8H7BrN4O2S2/c9-5-1-3-6(4-2-5)13-17(14,15)8-12-11-7(10)16-8/h1-4,13H,(H2,10,11). The summed E-state index contributed by atoms with van der Waals surface area (Å²) in [5.74, 6) is 0. The summed E-state index contributed by atoms with van der Waals surface area (Å²) in [6.45, 7) is 0. The van der Waals surface area contributed by atoms with Gasteiger partial charge in [-0.1, -0.05) is 27.3 Å². The number of halogens is 1. The Morgan fingerprint density at radius 1 is 1.24 bits per heavy atom. The molecule has 0 aliphatic heterocycles. The van der Waals surface area contributed by atoms with Crippen LogP contribution >= 0.6 is 27.3 Å². The Bertz CT molecular complexity index is 623. The molecule has 0 radical (unpaired) electrons. The molecule has 0 aliphatic rings. The number of benzene rings is 1. The van der Waals surface area contributed by atoms with Gasteiger partial charge in [-0.15, -0.1) is 10.2 Å². The van der Waals surface area contributed by atoms with Crippen molar-refractivity contribution in [2.24, 2.45) is 0 Å². The molecule has 0 bridgehead atoms. The Hall–Kier alpha value is -1.19. The summed E-state index contributed by atoms with van der Waals surface area (Å²) in [6, 6.07) is 6.72. The van der Waals surface area contributed by atoms with Gasteiger partial charge in [0.1, 0.15) is 0 Å². The smallest absolute Gasteiger partial charge is 0.291 e. The predicted octanol–water partition coefficient (Wildman–Crippen LogP) is 1.68. The molecule has 0 saturated carbocycles. The second-order valence-corrected chi connectivity index (χ2v) is 6.80. The number of aromatic nitrogens is 2. The number of rotatable bonds is 3. The van der Waals surface area contributed by atoms with Crippen molar-refractivity contribution in [3.63, 3.8) is 0 Å². The molecule has 2 aromatic rings. The van der Waals surface area contributed by atoms with E-state index < -0.39 is 10.0 Å². The normalized spacial score (nSPS) is 11.4. The molecule has 0 atom stereocenters. The highest BCUT2D eigenvalue weighted by molar-refractivity contribution is 9.10. The van der Waals surface area contributed by atoms with E-state index in [9.17, 15) is 8.42 Å². The highest BCUT2D eigenvalue weighted by atomic mass is 79.9. The third-order valence-electron chi connectivity index (χ3n) is 1.75. The van der Waals surface area contributed by atoms with Gasteiger partial charge in [0.15, 0.2) is 0 Å². The van der Waals surface area contributed by atoms with Gasteiger partial charge in [0.2, 0.25) is 5.13 Å². The first kappa shape index (κ1) is 12.3. The van der Waals surface area contributed by atoms with Crippen molar-refractivity contribution >= 4 is 48.1 Å². The highest BCUT2D eigenvalue weighted by Gasteiger charge is 2.19. The molecule has 17 heavy (non-hydrogen) atoms. The lowest BCUT2D eigenvalue weighted by Crippen LogP contribution is -2.12. The molecule has 90 valence electrons. The molecule has 0 fully saturated rings. The molecule has 6 nitrogen and oxygen atoms in total. The maximum absolute atomic E-state index is 11.8. The highest BCUT2D eigenvalue weighted by Crippen LogP contribution is 2.21. The lowest BCUT2D eigenvalue weighted by atomic mass is 10.3. The summed E-state index contributed by atoms with van der Waals surface area (Å²) in [5.41, 5.74) is 5.78. The Morgan fingerprint density at radius 2 is 1.88 bits per heavy atom. The Kier molecular flexibility index (Phi) is 3.31. The number of sulfonamides is 1. The third-order valence-corrected chi connectivity index (χ3v) is 4.78. The first-order chi connectivity index (χ1) is 7.97. The summed E-state index contributed by atoms with van der Waals surface area (Å²) >= 11 is 4.07. The number of nitrogens with one attached hydrogen (secondary N) is 1. The van der Waals surface area contributed by atoms with Crippen LogP contribution in [0.15, 0.2) is 33.1 Å². The second kappa shape index (κ2) is 4.59. The maximum Gasteiger partial charge on any atom is 0.291 e. The zero-order chi connectivity index (χ0) is 12.5. The van der Waals surface area contributed by atoms with Gasteiger partial charge in [0, 0.05) is 10.2 Å². The lowest BCUT2D eigenvalue weighted by Gasteiger charge is -2.04. The fourth-order valence-corrected chi connectivity index (χ4v) is 3.15. The minimum Gasteiger partial charge on any atom is -0.374 e. The lowest BCUT2D eigenvalue weighted by molar-refractivity contribution is 0.599. The summed E-state index contributed by atoms with van der Waals surface area (Å²) < 4.78 is 26.7. The Balaban J connectivity index is 2.26. The van der Waals surface area contributed by atoms with E-state index in [1.807, 2.05) is 0 Å². The Morgan fingerprint density at radius 3 is 2.41 bits per heavy atom. The molecule has 0 amide bonds. The van der Waals surface area contributed by atoms with E-state index in [1.165, 1.54) is 0 Å². The van der Waals surface area contributed by atoms with Crippen molar-refractivity contribution in [3.05, 3.63) is 28.7 Å². The van der Waals surface area contributed by atoms with Crippen LogP contribution in [0.5, 0.6) is 0 Å². The van der Waals surface area contributed by atoms with Crippen LogP contribution in [0.3, 0.4) is 0 Å². The van der Waals surface area contributed by atoms with Crippen molar-refractivity contribution in [1.29, 1.82) is 0 Å². The minimum absolute atomic E-state index is 0.112. The number of hydrogen-bond donors (Lipinski definition) is 2. The molecule has 0 unspecified atom stereocenters. The molecule has 1 heterocycles. The molecule has 0 saturated heterocycles. The molecular weight excluding hydrogens is 328 g/mol. The summed E-state index contributed by atoms with van der Waals surface area (Å²) in [4.78, 5) is 0. The summed E-state index contributed by atoms with van der Waals surface area (Å²) in [5, 5.41) is 7.06. The van der Waals surface area contributed by atoms with E-state index in [2.05, 4.69) is 30.8 Å². The molecule has 0 aliphatic carbocycles. The van der Waals surface area contributed by atoms with E-state index in [-0.39, 0.29) is 9.47 Å². The third kappa shape index (κ3) is 2.93. The molecule has 9 heteroatoms. The summed E-state index contributed by atoms with van der Waals surface area (Å²) in [6.07, 6.45) is 0. The topological polar surface area (TPSA) is 98.0 Å². The largest absolute Gasteiger partial charge is 0.374 e. The first-order valence-corrected chi connectivity index (χ1v) is 7.44. The van der Waals surface area contributed by atoms with Gasteiger partial charge < -0.3 is 5.73 Å². The van der Waals surface area contributed by atoms with E-state index in [0.717, 1.165) is 15.8 Å². The van der Waals surface area contributed by atoms with Gasteiger partial charge in [-0.05, 0) is 24.3 Å². The Labute approximate surface area is 110 Å². The van der Waals surface area contributed by atoms with Gasteiger partial charge in [-0.25, -0.2) is 0 Å². The van der Waals surface area contributed by atoms with Gasteiger partial charge in [-0.3, -0.25) is 4.72 Å². The summed E-state index contributed by atoms with van der Waals surface area (Å²) in [7, 11) is -3.71. The van der Waals surface area contributed by atoms with Crippen LogP contribution < -0.4 is 10.5 Å². The van der Waals surface area contributed by atoms with Crippen molar-refractivity contribution in [2.45, 2.75) is 4.34 Å². The first-order valence-electron chi connectivity index (χ1n) is 4.35. The predicted molar refractivity (Wildman–Crippen MR) is 69.3 cm³/mol. The van der Waals surface area contributed by atoms with Crippen molar-refractivity contribution < 1.29 is 8.42 Å². The molecule has 1 aromatic carbocycles. The molecule has 1 aromatic heterocycles. The average Bonchev–Trinajstić information content (AvgIpc) is 2.69. The fraction of sp³-hybridized carbons (Fsp3) is 0. The fourth-order valence-electron chi connectivity index (χ4n) is 1.05. The quantitative estimate of drug-likeness (QED) is 0.889. The van der Waals surface area contributed by atoms with Crippen molar-refractivity contribution in [1.82, 2.24) is 10.2 Å². The van der Waals surface area contributed by atoms with E-state index in [0.29, 0.717) is 5.69 Å². The van der Waals surface area contributed by atoms with Crippen LogP contribution in [0.1, 0.15) is 0 Å². The van der Waals surface area contributed by atoms with Crippen molar-refractivity contribution in [2.75, 3.05) is 10.5 Å². The van der Waals surface area contributed by atoms with Crippen LogP contribution in [-0.4, -0.2) is 18.6 Å². The zero-order valence-corrected chi connectivity index (χ0v) is 11.5. The van der Waals surface area contributed by atoms with Crippen LogP contribution in [0.2, 0.25) is 0 Å². The zero-order valence-electron chi connectivity index (χ0n) is 8.29. The molecule has 0 spiro atoms. The van der Waals surface area contributed by atoms with Gasteiger partial charge in [-0.2, -0.15) is 8.42 Å². The van der Waals surface area contributed by atoms with E-state index in [1.54, 1.807) is 24.3 Å². The molecule has 3 N–H and O–H groups in total. The number of hydrogen-bond acceptors (Lipinski definition) is 6. The van der Waals surface area contributed by atoms with Crippen LogP contribution in [0.25, 0.3) is 0 Å². The van der Waals surface area contributed by atoms with Gasteiger partial charge >= 0.3 is 0 Å². The van der Waals surface area contributed by atoms with Gasteiger partial charge in [0.05, 0.1) is 0 Å². The minimum atomic E-state index is -3.71. The SMILES string of the molecule is Nc1nnc(S(=O)(=O)Nc2ccc(Br)cc2)s1. The van der Waals surface area contributed by atoms with Gasteiger partial charge in [0.25, 0.3) is 14.4 Å². The van der Waals surface area contributed by atoms with Crippen LogP contribution in [-0.2, 0) is 10.0 Å². The van der Waals surface area contributed by atoms with E-state index >= 15 is 0 Å². The van der Waals surface area contributed by atoms with Crippen LogP contribution in [0.4, 0.5) is 10.8 Å². The number of nitrogens with zero attached hydrogens (tertiary/aromatic N) is 2. The number of anilines is 2. The van der Waals surface area contributed by atoms with E-state index in [4.69, 9.17) is 5.73 Å². The maximum atomic E-state index is 11.8. The second-order valence-electron chi connectivity index (χ2n) is 3.02. The average molecular weight is 335 g/mol. The number of nitrogens with two attached hydrogens (primary N) is 1. The molecule has 2 rings (SSSR count).